The zero-order chi connectivity index (χ0) is 29.6. The van der Waals surface area contributed by atoms with Gasteiger partial charge < -0.3 is 5.73 Å². The van der Waals surface area contributed by atoms with Crippen molar-refractivity contribution >= 4 is 27.9 Å². The zero-order valence-electron chi connectivity index (χ0n) is 27.0. The van der Waals surface area contributed by atoms with Crippen LogP contribution in [0.15, 0.2) is 0 Å². The van der Waals surface area contributed by atoms with E-state index in [1.165, 1.54) is 148 Å². The first-order chi connectivity index (χ1) is 18.8. The van der Waals surface area contributed by atoms with Crippen molar-refractivity contribution in [2.75, 3.05) is 0 Å². The van der Waals surface area contributed by atoms with Gasteiger partial charge in [0.1, 0.15) is 4.32 Å². The normalized spacial score (nSPS) is 12.1. The standard InChI is InChI=1S/C27H56.C7H13BrN2O2/c1-4-6-7-8-9-10-11-12-13-14-15-16-17-18-19-20-21-22-23-24-26-27(3)25-5-2;1-3-7(8,4-2)5(11)10-6(9)12/h27H,4-26H2,1-3H3;3-4H2,1-2H3,(H3,9,10,11,12). The predicted molar refractivity (Wildman–Crippen MR) is 177 cm³/mol. The van der Waals surface area contributed by atoms with Crippen molar-refractivity contribution in [3.05, 3.63) is 0 Å². The topological polar surface area (TPSA) is 72.2 Å². The molecule has 0 fully saturated rings. The van der Waals surface area contributed by atoms with Crippen LogP contribution >= 0.6 is 15.9 Å². The summed E-state index contributed by atoms with van der Waals surface area (Å²) in [6.45, 7) is 10.8. The molecule has 234 valence electrons. The van der Waals surface area contributed by atoms with Gasteiger partial charge in [0.25, 0.3) is 0 Å². The molecule has 39 heavy (non-hydrogen) atoms. The summed E-state index contributed by atoms with van der Waals surface area (Å²) in [5.74, 6) is 0.588. The van der Waals surface area contributed by atoms with Crippen LogP contribution in [-0.2, 0) is 4.79 Å². The summed E-state index contributed by atoms with van der Waals surface area (Å²) in [6, 6.07) is -0.814. The average Bonchev–Trinajstić information content (AvgIpc) is 2.91. The Bertz CT molecular complexity index is 537. The summed E-state index contributed by atoms with van der Waals surface area (Å²) in [7, 11) is 0. The summed E-state index contributed by atoms with van der Waals surface area (Å²) in [5.41, 5.74) is 4.81. The number of amides is 3. The number of rotatable bonds is 26. The van der Waals surface area contributed by atoms with Crippen molar-refractivity contribution in [2.24, 2.45) is 11.7 Å². The molecule has 0 radical (unpaired) electrons. The van der Waals surface area contributed by atoms with Crippen LogP contribution in [0.4, 0.5) is 4.79 Å². The number of hydrogen-bond donors (Lipinski definition) is 2. The molecule has 0 saturated heterocycles. The third-order valence-corrected chi connectivity index (χ3v) is 9.58. The second-order valence-corrected chi connectivity index (χ2v) is 13.4. The van der Waals surface area contributed by atoms with E-state index in [1.54, 1.807) is 0 Å². The molecule has 0 bridgehead atoms. The monoisotopic (exact) mass is 616 g/mol. The second-order valence-electron chi connectivity index (χ2n) is 11.9. The Hall–Kier alpha value is -0.580. The van der Waals surface area contributed by atoms with Gasteiger partial charge in [-0.05, 0) is 18.8 Å². The lowest BCUT2D eigenvalue weighted by atomic mass is 9.98. The molecule has 0 aromatic carbocycles. The largest absolute Gasteiger partial charge is 0.351 e. The predicted octanol–water partition coefficient (Wildman–Crippen LogP) is 11.8. The molecule has 3 N–H and O–H groups in total. The SMILES string of the molecule is CCC(Br)(CC)C(=O)NC(N)=O.CCCCCCCCCCCCCCCCCCCCCCC(C)CCC. The maximum Gasteiger partial charge on any atom is 0.318 e. The minimum absolute atomic E-state index is 0.375. The number of hydrogen-bond acceptors (Lipinski definition) is 2. The van der Waals surface area contributed by atoms with Crippen LogP contribution in [0.25, 0.3) is 0 Å². The van der Waals surface area contributed by atoms with Crippen LogP contribution in [0.2, 0.25) is 0 Å². The fraction of sp³-hybridized carbons (Fsp3) is 0.941. The molecule has 1 atom stereocenters. The molecular formula is C34H69BrN2O2. The van der Waals surface area contributed by atoms with E-state index in [1.807, 2.05) is 19.2 Å². The fourth-order valence-corrected chi connectivity index (χ4v) is 5.28. The van der Waals surface area contributed by atoms with Gasteiger partial charge in [0, 0.05) is 0 Å². The van der Waals surface area contributed by atoms with Crippen molar-refractivity contribution < 1.29 is 9.59 Å². The van der Waals surface area contributed by atoms with Crippen LogP contribution in [0.3, 0.4) is 0 Å². The Kier molecular flexibility index (Phi) is 31.6. The summed E-state index contributed by atoms with van der Waals surface area (Å²) in [5, 5.41) is 2.04. The van der Waals surface area contributed by atoms with Crippen LogP contribution in [0.5, 0.6) is 0 Å². The lowest BCUT2D eigenvalue weighted by Crippen LogP contribution is -2.46. The quantitative estimate of drug-likeness (QED) is 0.0748. The zero-order valence-corrected chi connectivity index (χ0v) is 28.6. The van der Waals surface area contributed by atoms with E-state index in [4.69, 9.17) is 5.73 Å². The lowest BCUT2D eigenvalue weighted by Gasteiger charge is -2.21. The number of alkyl halides is 1. The Morgan fingerprint density at radius 3 is 1.21 bits per heavy atom. The maximum atomic E-state index is 11.3. The van der Waals surface area contributed by atoms with Gasteiger partial charge in [0.15, 0.2) is 0 Å². The smallest absolute Gasteiger partial charge is 0.318 e. The van der Waals surface area contributed by atoms with Crippen LogP contribution in [-0.4, -0.2) is 16.3 Å². The Balaban J connectivity index is 0. The number of nitrogens with one attached hydrogen (secondary N) is 1. The number of urea groups is 1. The summed E-state index contributed by atoms with van der Waals surface area (Å²) in [4.78, 5) is 21.6. The highest BCUT2D eigenvalue weighted by Gasteiger charge is 2.32. The number of unbranched alkanes of at least 4 members (excludes halogenated alkanes) is 19. The number of primary amides is 1. The first kappa shape index (κ1) is 40.6. The minimum atomic E-state index is -0.814. The summed E-state index contributed by atoms with van der Waals surface area (Å²) in [6.07, 6.45) is 35.1. The molecule has 0 aliphatic heterocycles. The number of halogens is 1. The van der Waals surface area contributed by atoms with Crippen molar-refractivity contribution in [1.82, 2.24) is 5.32 Å². The molecule has 0 aliphatic carbocycles. The number of carbonyl (C=O) groups excluding carboxylic acids is 2. The Morgan fingerprint density at radius 1 is 0.590 bits per heavy atom. The van der Waals surface area contributed by atoms with Crippen molar-refractivity contribution in [3.8, 4) is 0 Å². The highest BCUT2D eigenvalue weighted by Crippen LogP contribution is 2.26. The molecule has 0 saturated carbocycles. The van der Waals surface area contributed by atoms with Gasteiger partial charge in [-0.15, -0.1) is 0 Å². The van der Waals surface area contributed by atoms with Gasteiger partial charge in [-0.2, -0.15) is 0 Å². The summed E-state index contributed by atoms with van der Waals surface area (Å²) >= 11 is 3.26. The van der Waals surface area contributed by atoms with Crippen molar-refractivity contribution in [3.63, 3.8) is 0 Å². The van der Waals surface area contributed by atoms with E-state index in [2.05, 4.69) is 36.7 Å². The first-order valence-corrected chi connectivity index (χ1v) is 17.9. The number of imide groups is 1. The Morgan fingerprint density at radius 2 is 0.923 bits per heavy atom. The van der Waals surface area contributed by atoms with E-state index in [-0.39, 0.29) is 5.91 Å². The Labute approximate surface area is 253 Å². The average molecular weight is 618 g/mol. The van der Waals surface area contributed by atoms with Crippen LogP contribution in [0, 0.1) is 5.92 Å². The molecule has 0 aromatic rings. The molecule has 4 nitrogen and oxygen atoms in total. The lowest BCUT2D eigenvalue weighted by molar-refractivity contribution is -0.122. The van der Waals surface area contributed by atoms with Gasteiger partial charge >= 0.3 is 6.03 Å². The molecule has 1 unspecified atom stereocenters. The highest BCUT2D eigenvalue weighted by atomic mass is 79.9. The maximum absolute atomic E-state index is 11.3. The molecule has 5 heteroatoms. The van der Waals surface area contributed by atoms with Gasteiger partial charge in [-0.1, -0.05) is 198 Å². The molecule has 3 amide bonds. The van der Waals surface area contributed by atoms with E-state index in [0.717, 1.165) is 5.92 Å². The van der Waals surface area contributed by atoms with Gasteiger partial charge in [-0.3, -0.25) is 10.1 Å². The van der Waals surface area contributed by atoms with E-state index in [9.17, 15) is 9.59 Å². The van der Waals surface area contributed by atoms with E-state index < -0.39 is 10.4 Å². The first-order valence-electron chi connectivity index (χ1n) is 17.1. The second kappa shape index (κ2) is 30.4. The highest BCUT2D eigenvalue weighted by molar-refractivity contribution is 9.10. The summed E-state index contributed by atoms with van der Waals surface area (Å²) < 4.78 is -0.665. The van der Waals surface area contributed by atoms with E-state index >= 15 is 0 Å². The van der Waals surface area contributed by atoms with Crippen molar-refractivity contribution in [2.45, 2.75) is 199 Å². The third-order valence-electron chi connectivity index (χ3n) is 8.10. The fourth-order valence-electron chi connectivity index (χ4n) is 5.18. The molecular weight excluding hydrogens is 548 g/mol. The number of nitrogens with two attached hydrogens (primary N) is 1. The molecule has 0 rings (SSSR count). The molecule has 0 aromatic heterocycles. The number of carbonyl (C=O) groups is 2. The van der Waals surface area contributed by atoms with Gasteiger partial charge in [-0.25, -0.2) is 4.79 Å². The van der Waals surface area contributed by atoms with Crippen LogP contribution in [0.1, 0.15) is 195 Å². The minimum Gasteiger partial charge on any atom is -0.351 e. The molecule has 0 spiro atoms. The molecule has 0 heterocycles. The molecule has 0 aliphatic rings. The third kappa shape index (κ3) is 28.7. The van der Waals surface area contributed by atoms with Crippen LogP contribution < -0.4 is 11.1 Å². The van der Waals surface area contributed by atoms with Crippen molar-refractivity contribution in [1.29, 1.82) is 0 Å². The van der Waals surface area contributed by atoms with E-state index in [0.29, 0.717) is 12.8 Å². The van der Waals surface area contributed by atoms with Gasteiger partial charge in [0.2, 0.25) is 5.91 Å². The van der Waals surface area contributed by atoms with Gasteiger partial charge in [0.05, 0.1) is 0 Å².